The summed E-state index contributed by atoms with van der Waals surface area (Å²) in [7, 11) is 1.71. The van der Waals surface area contributed by atoms with E-state index in [2.05, 4.69) is 101 Å². The van der Waals surface area contributed by atoms with Crippen LogP contribution in [0.4, 0.5) is 0 Å². The number of nitrogens with zero attached hydrogens (tertiary/aromatic N) is 2. The van der Waals surface area contributed by atoms with Gasteiger partial charge in [0, 0.05) is 10.8 Å². The molecule has 0 atom stereocenters. The molecule has 0 bridgehead atoms. The van der Waals surface area contributed by atoms with E-state index in [1.54, 1.807) is 7.11 Å². The Morgan fingerprint density at radius 3 is 1.80 bits per heavy atom. The Morgan fingerprint density at radius 2 is 1.09 bits per heavy atom. The molecule has 7 aromatic rings. The van der Waals surface area contributed by atoms with Crippen LogP contribution in [0.2, 0.25) is 0 Å². The largest absolute Gasteiger partial charge is 0.496 e. The quantitative estimate of drug-likeness (QED) is 0.265. The van der Waals surface area contributed by atoms with Crippen LogP contribution in [0.1, 0.15) is 0 Å². The molecule has 0 spiro atoms. The molecule has 3 nitrogen and oxygen atoms in total. The number of imidazole rings is 1. The maximum absolute atomic E-state index is 5.77. The van der Waals surface area contributed by atoms with E-state index < -0.39 is 0 Å². The van der Waals surface area contributed by atoms with Crippen molar-refractivity contribution in [3.05, 3.63) is 115 Å². The molecule has 3 heteroatoms. The van der Waals surface area contributed by atoms with Crippen molar-refractivity contribution in [2.75, 3.05) is 7.11 Å². The van der Waals surface area contributed by atoms with E-state index in [4.69, 9.17) is 9.72 Å². The minimum atomic E-state index is 0.804. The van der Waals surface area contributed by atoms with Crippen molar-refractivity contribution in [2.24, 2.45) is 0 Å². The summed E-state index contributed by atoms with van der Waals surface area (Å²) in [5, 5.41) is 7.19. The second kappa shape index (κ2) is 7.71. The molecule has 0 unspecified atom stereocenters. The normalized spacial score (nSPS) is 11.6. The Morgan fingerprint density at radius 1 is 0.543 bits per heavy atom. The van der Waals surface area contributed by atoms with Gasteiger partial charge in [0.25, 0.3) is 0 Å². The fourth-order valence-electron chi connectivity index (χ4n) is 5.39. The van der Waals surface area contributed by atoms with Crippen molar-refractivity contribution < 1.29 is 4.74 Å². The van der Waals surface area contributed by atoms with Gasteiger partial charge in [-0.2, -0.15) is 0 Å². The minimum absolute atomic E-state index is 0.804. The number of hydrogen-bond acceptors (Lipinski definition) is 2. The third-order valence-corrected chi connectivity index (χ3v) is 6.89. The first-order chi connectivity index (χ1) is 17.3. The lowest BCUT2D eigenvalue weighted by atomic mass is 10.0. The number of benzene rings is 5. The molecule has 166 valence electrons. The molecule has 2 aromatic heterocycles. The summed E-state index contributed by atoms with van der Waals surface area (Å²) in [5.74, 6) is 1.67. The molecule has 0 aliphatic heterocycles. The van der Waals surface area contributed by atoms with Gasteiger partial charge in [-0.1, -0.05) is 91.0 Å². The van der Waals surface area contributed by atoms with Crippen LogP contribution in [0.25, 0.3) is 60.3 Å². The number of para-hydroxylation sites is 3. The molecule has 0 amide bonds. The van der Waals surface area contributed by atoms with Gasteiger partial charge in [-0.3, -0.25) is 4.40 Å². The molecule has 2 heterocycles. The summed E-state index contributed by atoms with van der Waals surface area (Å²) in [5.41, 5.74) is 4.12. The maximum Gasteiger partial charge on any atom is 0.149 e. The highest BCUT2D eigenvalue weighted by Crippen LogP contribution is 2.38. The van der Waals surface area contributed by atoms with Crippen molar-refractivity contribution >= 4 is 48.9 Å². The van der Waals surface area contributed by atoms with Crippen LogP contribution in [0.15, 0.2) is 115 Å². The van der Waals surface area contributed by atoms with Crippen LogP contribution < -0.4 is 4.74 Å². The predicted octanol–water partition coefficient (Wildman–Crippen LogP) is 8.18. The van der Waals surface area contributed by atoms with E-state index in [0.29, 0.717) is 0 Å². The first kappa shape index (κ1) is 19.8. The zero-order chi connectivity index (χ0) is 23.4. The SMILES string of the molecule is COc1ccccc1-c1nc2cccc3c4ccccc4c4ccccc4c4ccccc4n1c23. The van der Waals surface area contributed by atoms with Crippen molar-refractivity contribution in [2.45, 2.75) is 0 Å². The second-order valence-electron chi connectivity index (χ2n) is 8.75. The highest BCUT2D eigenvalue weighted by Gasteiger charge is 2.18. The van der Waals surface area contributed by atoms with E-state index in [0.717, 1.165) is 33.7 Å². The van der Waals surface area contributed by atoms with E-state index in [1.807, 2.05) is 18.2 Å². The Hall–Kier alpha value is -4.63. The Balaban J connectivity index is 1.90. The van der Waals surface area contributed by atoms with Crippen molar-refractivity contribution in [3.8, 4) is 17.1 Å². The summed E-state index contributed by atoms with van der Waals surface area (Å²) >= 11 is 0. The Bertz CT molecular complexity index is 1950. The zero-order valence-electron chi connectivity index (χ0n) is 19.3. The lowest BCUT2D eigenvalue weighted by molar-refractivity contribution is 0.416. The monoisotopic (exact) mass is 450 g/mol. The zero-order valence-corrected chi connectivity index (χ0v) is 19.3. The first-order valence-electron chi connectivity index (χ1n) is 11.8. The summed E-state index contributed by atoms with van der Waals surface area (Å²) < 4.78 is 8.09. The van der Waals surface area contributed by atoms with Crippen molar-refractivity contribution in [1.82, 2.24) is 9.38 Å². The average molecular weight is 451 g/mol. The topological polar surface area (TPSA) is 26.5 Å². The lowest BCUT2D eigenvalue weighted by Gasteiger charge is -2.09. The van der Waals surface area contributed by atoms with Gasteiger partial charge in [0.05, 0.1) is 29.2 Å². The number of methoxy groups -OCH3 is 1. The molecule has 0 saturated heterocycles. The molecular formula is C32H22N2O. The van der Waals surface area contributed by atoms with Crippen LogP contribution in [-0.4, -0.2) is 16.5 Å². The molecule has 7 rings (SSSR count). The first-order valence-corrected chi connectivity index (χ1v) is 11.8. The summed E-state index contributed by atoms with van der Waals surface area (Å²) in [4.78, 5) is 5.19. The van der Waals surface area contributed by atoms with Gasteiger partial charge >= 0.3 is 0 Å². The highest BCUT2D eigenvalue weighted by atomic mass is 16.5. The molecule has 0 radical (unpaired) electrons. The van der Waals surface area contributed by atoms with E-state index >= 15 is 0 Å². The molecule has 0 fully saturated rings. The molecule has 0 saturated carbocycles. The van der Waals surface area contributed by atoms with E-state index in [9.17, 15) is 0 Å². The fraction of sp³-hybridized carbons (Fsp3) is 0.0312. The van der Waals surface area contributed by atoms with Crippen molar-refractivity contribution in [1.29, 1.82) is 0 Å². The smallest absolute Gasteiger partial charge is 0.149 e. The predicted molar refractivity (Wildman–Crippen MR) is 146 cm³/mol. The van der Waals surface area contributed by atoms with Crippen molar-refractivity contribution in [3.63, 3.8) is 0 Å². The van der Waals surface area contributed by atoms with Gasteiger partial charge in [0.2, 0.25) is 0 Å². The third-order valence-electron chi connectivity index (χ3n) is 6.89. The fourth-order valence-corrected chi connectivity index (χ4v) is 5.39. The van der Waals surface area contributed by atoms with Crippen LogP contribution >= 0.6 is 0 Å². The summed E-state index contributed by atoms with van der Waals surface area (Å²) in [6, 6.07) is 40.5. The molecule has 5 aromatic carbocycles. The minimum Gasteiger partial charge on any atom is -0.496 e. The van der Waals surface area contributed by atoms with Crippen LogP contribution in [0, 0.1) is 0 Å². The number of fused-ring (bicyclic) bond motifs is 7. The number of hydrogen-bond donors (Lipinski definition) is 0. The molecule has 35 heavy (non-hydrogen) atoms. The van der Waals surface area contributed by atoms with E-state index in [-0.39, 0.29) is 0 Å². The number of rotatable bonds is 2. The lowest BCUT2D eigenvalue weighted by Crippen LogP contribution is -1.94. The molecule has 0 aliphatic rings. The van der Waals surface area contributed by atoms with Crippen LogP contribution in [0.3, 0.4) is 0 Å². The average Bonchev–Trinajstić information content (AvgIpc) is 3.33. The summed E-state index contributed by atoms with van der Waals surface area (Å²) in [6.45, 7) is 0. The van der Waals surface area contributed by atoms with Gasteiger partial charge in [-0.05, 0) is 45.8 Å². The highest BCUT2D eigenvalue weighted by molar-refractivity contribution is 6.21. The molecular weight excluding hydrogens is 428 g/mol. The van der Waals surface area contributed by atoms with E-state index in [1.165, 1.54) is 32.3 Å². The Labute approximate surface area is 202 Å². The molecule has 0 aliphatic carbocycles. The van der Waals surface area contributed by atoms with Crippen LogP contribution in [0.5, 0.6) is 5.75 Å². The van der Waals surface area contributed by atoms with Gasteiger partial charge in [0.1, 0.15) is 11.6 Å². The van der Waals surface area contributed by atoms with Gasteiger partial charge < -0.3 is 4.74 Å². The Kier molecular flexibility index (Phi) is 4.36. The maximum atomic E-state index is 5.77. The van der Waals surface area contributed by atoms with Gasteiger partial charge in [0.15, 0.2) is 0 Å². The summed E-state index contributed by atoms with van der Waals surface area (Å²) in [6.07, 6.45) is 0. The number of ether oxygens (including phenoxy) is 1. The van der Waals surface area contributed by atoms with Crippen LogP contribution in [-0.2, 0) is 0 Å². The van der Waals surface area contributed by atoms with Gasteiger partial charge in [-0.25, -0.2) is 4.98 Å². The second-order valence-corrected chi connectivity index (χ2v) is 8.75. The number of aromatic nitrogens is 2. The molecule has 0 N–H and O–H groups in total. The van der Waals surface area contributed by atoms with Gasteiger partial charge in [-0.15, -0.1) is 0 Å². The standard InChI is InChI=1S/C32H22N2O/c1-35-30-20-9-7-16-27(30)32-33-28-18-10-17-26-24-14-5-3-12-22(24)21-11-2-4-13-23(21)25-15-6-8-19-29(25)34(32)31(26)28/h2-20H,1H3. The third kappa shape index (κ3) is 2.88.